The number of hydrogen-bond acceptors (Lipinski definition) is 1. The third-order valence-electron chi connectivity index (χ3n) is 3.14. The number of nitrogens with one attached hydrogen (secondary N) is 2. The summed E-state index contributed by atoms with van der Waals surface area (Å²) < 4.78 is 13.4. The fourth-order valence-electron chi connectivity index (χ4n) is 2.16. The van der Waals surface area contributed by atoms with E-state index in [1.807, 2.05) is 0 Å². The quantitative estimate of drug-likeness (QED) is 0.870. The molecule has 1 aromatic rings. The highest BCUT2D eigenvalue weighted by molar-refractivity contribution is 6.30. The second-order valence-corrected chi connectivity index (χ2v) is 4.98. The van der Waals surface area contributed by atoms with Gasteiger partial charge in [-0.3, -0.25) is 0 Å². The molecule has 18 heavy (non-hydrogen) atoms. The van der Waals surface area contributed by atoms with Gasteiger partial charge in [0.2, 0.25) is 0 Å². The van der Waals surface area contributed by atoms with E-state index in [0.29, 0.717) is 10.6 Å². The topological polar surface area (TPSA) is 41.1 Å². The molecule has 1 aliphatic carbocycles. The summed E-state index contributed by atoms with van der Waals surface area (Å²) in [6.07, 6.45) is 4.37. The summed E-state index contributed by atoms with van der Waals surface area (Å²) in [7, 11) is 0. The van der Waals surface area contributed by atoms with Crippen molar-refractivity contribution in [2.45, 2.75) is 38.3 Å². The van der Waals surface area contributed by atoms with E-state index in [1.165, 1.54) is 18.2 Å². The Morgan fingerprint density at radius 2 is 2.11 bits per heavy atom. The second-order valence-electron chi connectivity index (χ2n) is 4.54. The van der Waals surface area contributed by atoms with Crippen LogP contribution in [-0.4, -0.2) is 12.1 Å². The van der Waals surface area contributed by atoms with Gasteiger partial charge >= 0.3 is 6.03 Å². The first-order valence-corrected chi connectivity index (χ1v) is 6.51. The highest BCUT2D eigenvalue weighted by Gasteiger charge is 2.16. The summed E-state index contributed by atoms with van der Waals surface area (Å²) in [6.45, 7) is 0.144. The van der Waals surface area contributed by atoms with Gasteiger partial charge in [0.15, 0.2) is 0 Å². The Hall–Kier alpha value is -1.29. The number of halogens is 2. The van der Waals surface area contributed by atoms with E-state index in [2.05, 4.69) is 10.6 Å². The zero-order valence-corrected chi connectivity index (χ0v) is 10.8. The Kier molecular flexibility index (Phi) is 4.42. The third-order valence-corrected chi connectivity index (χ3v) is 3.37. The van der Waals surface area contributed by atoms with Crippen LogP contribution in [-0.2, 0) is 6.54 Å². The summed E-state index contributed by atoms with van der Waals surface area (Å²) in [4.78, 5) is 11.6. The number of carbonyl (C=O) groups is 1. The maximum Gasteiger partial charge on any atom is 0.315 e. The number of rotatable bonds is 3. The summed E-state index contributed by atoms with van der Waals surface area (Å²) in [6, 6.07) is 4.32. The molecule has 0 aliphatic heterocycles. The Bertz CT molecular complexity index is 433. The lowest BCUT2D eigenvalue weighted by Crippen LogP contribution is -2.40. The predicted octanol–water partition coefficient (Wildman–Crippen LogP) is 3.22. The van der Waals surface area contributed by atoms with Gasteiger partial charge in [0.25, 0.3) is 0 Å². The summed E-state index contributed by atoms with van der Waals surface area (Å²) in [5.74, 6) is -0.361. The molecule has 1 aromatic carbocycles. The summed E-state index contributed by atoms with van der Waals surface area (Å²) >= 11 is 5.77. The molecular weight excluding hydrogens is 255 g/mol. The average Bonchev–Trinajstić information content (AvgIpc) is 2.83. The number of amides is 2. The third kappa shape index (κ3) is 3.60. The van der Waals surface area contributed by atoms with Crippen molar-refractivity contribution in [3.63, 3.8) is 0 Å². The molecule has 0 heterocycles. The van der Waals surface area contributed by atoms with Crippen molar-refractivity contribution in [2.75, 3.05) is 0 Å². The lowest BCUT2D eigenvalue weighted by atomic mass is 10.2. The first-order chi connectivity index (χ1) is 8.65. The van der Waals surface area contributed by atoms with Crippen molar-refractivity contribution in [1.82, 2.24) is 10.6 Å². The fraction of sp³-hybridized carbons (Fsp3) is 0.462. The molecule has 0 spiro atoms. The minimum Gasteiger partial charge on any atom is -0.335 e. The van der Waals surface area contributed by atoms with E-state index in [-0.39, 0.29) is 24.4 Å². The van der Waals surface area contributed by atoms with Crippen LogP contribution < -0.4 is 10.6 Å². The molecule has 3 nitrogen and oxygen atoms in total. The first kappa shape index (κ1) is 13.1. The molecule has 1 saturated carbocycles. The van der Waals surface area contributed by atoms with Gasteiger partial charge < -0.3 is 10.6 Å². The van der Waals surface area contributed by atoms with Gasteiger partial charge in [0, 0.05) is 23.2 Å². The lowest BCUT2D eigenvalue weighted by Gasteiger charge is -2.13. The van der Waals surface area contributed by atoms with Gasteiger partial charge in [-0.1, -0.05) is 24.4 Å². The van der Waals surface area contributed by atoms with Crippen molar-refractivity contribution >= 4 is 17.6 Å². The number of carbonyl (C=O) groups excluding carboxylic acids is 1. The lowest BCUT2D eigenvalue weighted by molar-refractivity contribution is 0.236. The van der Waals surface area contributed by atoms with Gasteiger partial charge in [-0.2, -0.15) is 0 Å². The molecule has 0 aromatic heterocycles. The van der Waals surface area contributed by atoms with Crippen LogP contribution in [0.3, 0.4) is 0 Å². The molecule has 0 radical (unpaired) electrons. The van der Waals surface area contributed by atoms with Crippen LogP contribution in [0.5, 0.6) is 0 Å². The maximum absolute atomic E-state index is 13.4. The minimum atomic E-state index is -0.361. The largest absolute Gasteiger partial charge is 0.335 e. The predicted molar refractivity (Wildman–Crippen MR) is 69.0 cm³/mol. The normalized spacial score (nSPS) is 15.7. The summed E-state index contributed by atoms with van der Waals surface area (Å²) in [5.41, 5.74) is 0.393. The molecule has 0 bridgehead atoms. The van der Waals surface area contributed by atoms with Crippen LogP contribution >= 0.6 is 11.6 Å². The molecular formula is C13H16ClFN2O. The SMILES string of the molecule is O=C(NCc1cc(Cl)ccc1F)NC1CCCC1. The van der Waals surface area contributed by atoms with Crippen LogP contribution in [0.25, 0.3) is 0 Å². The van der Waals surface area contributed by atoms with E-state index in [1.54, 1.807) is 0 Å². The second kappa shape index (κ2) is 6.05. The van der Waals surface area contributed by atoms with E-state index < -0.39 is 0 Å². The van der Waals surface area contributed by atoms with Gasteiger partial charge in [-0.25, -0.2) is 9.18 Å². The zero-order valence-electron chi connectivity index (χ0n) is 10.0. The van der Waals surface area contributed by atoms with Crippen LogP contribution in [0.4, 0.5) is 9.18 Å². The minimum absolute atomic E-state index is 0.144. The van der Waals surface area contributed by atoms with Gasteiger partial charge in [-0.05, 0) is 31.0 Å². The molecule has 1 fully saturated rings. The molecule has 0 unspecified atom stereocenters. The first-order valence-electron chi connectivity index (χ1n) is 6.13. The van der Waals surface area contributed by atoms with E-state index in [9.17, 15) is 9.18 Å². The monoisotopic (exact) mass is 270 g/mol. The summed E-state index contributed by atoms with van der Waals surface area (Å²) in [5, 5.41) is 5.99. The highest BCUT2D eigenvalue weighted by atomic mass is 35.5. The molecule has 2 N–H and O–H groups in total. The Morgan fingerprint density at radius 3 is 2.83 bits per heavy atom. The van der Waals surface area contributed by atoms with Crippen LogP contribution in [0.15, 0.2) is 18.2 Å². The molecule has 98 valence electrons. The van der Waals surface area contributed by atoms with Crippen molar-refractivity contribution in [2.24, 2.45) is 0 Å². The average molecular weight is 271 g/mol. The standard InChI is InChI=1S/C13H16ClFN2O/c14-10-5-6-12(15)9(7-10)8-16-13(18)17-11-3-1-2-4-11/h5-7,11H,1-4,8H2,(H2,16,17,18). The van der Waals surface area contributed by atoms with Crippen LogP contribution in [0.1, 0.15) is 31.2 Å². The van der Waals surface area contributed by atoms with Crippen molar-refractivity contribution in [3.8, 4) is 0 Å². The number of urea groups is 1. The molecule has 0 atom stereocenters. The van der Waals surface area contributed by atoms with Gasteiger partial charge in [-0.15, -0.1) is 0 Å². The van der Waals surface area contributed by atoms with Gasteiger partial charge in [0.1, 0.15) is 5.82 Å². The molecule has 2 rings (SSSR count). The number of hydrogen-bond donors (Lipinski definition) is 2. The van der Waals surface area contributed by atoms with E-state index in [0.717, 1.165) is 25.7 Å². The van der Waals surface area contributed by atoms with Crippen molar-refractivity contribution < 1.29 is 9.18 Å². The smallest absolute Gasteiger partial charge is 0.315 e. The molecule has 5 heteroatoms. The molecule has 1 aliphatic rings. The Labute approximate surface area is 111 Å². The van der Waals surface area contributed by atoms with Crippen molar-refractivity contribution in [1.29, 1.82) is 0 Å². The fourth-order valence-corrected chi connectivity index (χ4v) is 2.36. The van der Waals surface area contributed by atoms with E-state index in [4.69, 9.17) is 11.6 Å². The molecule has 2 amide bonds. The molecule has 0 saturated heterocycles. The zero-order chi connectivity index (χ0) is 13.0. The van der Waals surface area contributed by atoms with Crippen molar-refractivity contribution in [3.05, 3.63) is 34.6 Å². The van der Waals surface area contributed by atoms with Crippen LogP contribution in [0, 0.1) is 5.82 Å². The maximum atomic E-state index is 13.4. The van der Waals surface area contributed by atoms with Crippen LogP contribution in [0.2, 0.25) is 5.02 Å². The Balaban J connectivity index is 1.83. The Morgan fingerprint density at radius 1 is 1.39 bits per heavy atom. The van der Waals surface area contributed by atoms with Gasteiger partial charge in [0.05, 0.1) is 0 Å². The number of benzene rings is 1. The highest BCUT2D eigenvalue weighted by Crippen LogP contribution is 2.17. The van der Waals surface area contributed by atoms with E-state index >= 15 is 0 Å².